The van der Waals surface area contributed by atoms with Gasteiger partial charge in [-0.2, -0.15) is 5.26 Å². The van der Waals surface area contributed by atoms with Gasteiger partial charge in [-0.1, -0.05) is 43.0 Å². The largest absolute Gasteiger partial charge is 0.478 e. The molecule has 2 aromatic heterocycles. The van der Waals surface area contributed by atoms with Gasteiger partial charge in [0.25, 0.3) is 0 Å². The van der Waals surface area contributed by atoms with Crippen LogP contribution in [-0.2, 0) is 9.59 Å². The van der Waals surface area contributed by atoms with E-state index in [9.17, 15) is 19.6 Å². The SMILES string of the molecule is Cc1ccc(C2C(C#N)=C(N)N(c3nnc(SCC(=O)Nc4cccc(C(=O)O)c4)s3)C3=C2C(=O)CC(C)(C)C3)s1. The number of nitriles is 1. The molecule has 5 rings (SSSR count). The number of Topliss-reactive ketones (excluding diaryl/α,β-unsaturated/α-hetero) is 1. The third kappa shape index (κ3) is 5.76. The maximum absolute atomic E-state index is 13.6. The zero-order valence-electron chi connectivity index (χ0n) is 22.4. The van der Waals surface area contributed by atoms with Crippen molar-refractivity contribution in [1.82, 2.24) is 10.2 Å². The molecule has 0 saturated heterocycles. The Bertz CT molecular complexity index is 1680. The molecule has 1 atom stereocenters. The lowest BCUT2D eigenvalue weighted by atomic mass is 9.70. The van der Waals surface area contributed by atoms with E-state index >= 15 is 0 Å². The number of aromatic carboxylic acids is 1. The lowest BCUT2D eigenvalue weighted by Gasteiger charge is -2.42. The molecule has 210 valence electrons. The van der Waals surface area contributed by atoms with Crippen LogP contribution in [0, 0.1) is 23.7 Å². The first kappa shape index (κ1) is 28.5. The number of ketones is 1. The van der Waals surface area contributed by atoms with Crippen molar-refractivity contribution in [1.29, 1.82) is 5.26 Å². The van der Waals surface area contributed by atoms with Crippen LogP contribution < -0.4 is 16.0 Å². The average Bonchev–Trinajstić information content (AvgIpc) is 3.55. The van der Waals surface area contributed by atoms with Gasteiger partial charge in [-0.3, -0.25) is 14.5 Å². The molecule has 0 saturated carbocycles. The van der Waals surface area contributed by atoms with Crippen LogP contribution in [0.5, 0.6) is 0 Å². The fourth-order valence-electron chi connectivity index (χ4n) is 5.03. The number of carbonyl (C=O) groups excluding carboxylic acids is 2. The van der Waals surface area contributed by atoms with Crippen LogP contribution >= 0.6 is 34.4 Å². The van der Waals surface area contributed by atoms with E-state index in [1.165, 1.54) is 35.2 Å². The second kappa shape index (κ2) is 11.1. The van der Waals surface area contributed by atoms with E-state index in [2.05, 4.69) is 21.6 Å². The molecule has 0 bridgehead atoms. The van der Waals surface area contributed by atoms with Crippen molar-refractivity contribution in [2.75, 3.05) is 16.0 Å². The maximum Gasteiger partial charge on any atom is 0.335 e. The number of benzene rings is 1. The minimum atomic E-state index is -1.08. The van der Waals surface area contributed by atoms with E-state index in [0.717, 1.165) is 15.5 Å². The number of hydrogen-bond donors (Lipinski definition) is 3. The van der Waals surface area contributed by atoms with Crippen LogP contribution in [0.4, 0.5) is 10.8 Å². The minimum absolute atomic E-state index is 0.0136. The Hall–Kier alpha value is -3.99. The Labute approximate surface area is 248 Å². The predicted molar refractivity (Wildman–Crippen MR) is 159 cm³/mol. The third-order valence-corrected chi connectivity index (χ3v) is 9.84. The summed E-state index contributed by atoms with van der Waals surface area (Å²) in [7, 11) is 0. The number of amides is 1. The number of allylic oxidation sites excluding steroid dienone is 3. The number of rotatable bonds is 7. The Kier molecular flexibility index (Phi) is 7.74. The average molecular weight is 607 g/mol. The molecule has 10 nitrogen and oxygen atoms in total. The summed E-state index contributed by atoms with van der Waals surface area (Å²) in [5.74, 6) is -1.73. The molecular formula is C28H26N6O4S3. The molecule has 1 aliphatic carbocycles. The number of carboxylic acid groups (broad SMARTS) is 1. The number of aryl methyl sites for hydroxylation is 1. The molecule has 0 radical (unpaired) electrons. The molecule has 1 unspecified atom stereocenters. The molecule has 2 aliphatic rings. The lowest BCUT2D eigenvalue weighted by molar-refractivity contribution is -0.118. The van der Waals surface area contributed by atoms with Crippen molar-refractivity contribution in [3.63, 3.8) is 0 Å². The smallest absolute Gasteiger partial charge is 0.335 e. The van der Waals surface area contributed by atoms with Crippen LogP contribution in [0.3, 0.4) is 0 Å². The highest BCUT2D eigenvalue weighted by atomic mass is 32.2. The van der Waals surface area contributed by atoms with Crippen molar-refractivity contribution in [2.45, 2.75) is 43.9 Å². The van der Waals surface area contributed by atoms with Gasteiger partial charge in [0.05, 0.1) is 28.9 Å². The van der Waals surface area contributed by atoms with E-state index in [-0.39, 0.29) is 34.2 Å². The van der Waals surface area contributed by atoms with Gasteiger partial charge in [-0.25, -0.2) is 4.79 Å². The van der Waals surface area contributed by atoms with Gasteiger partial charge in [0.1, 0.15) is 5.82 Å². The highest BCUT2D eigenvalue weighted by molar-refractivity contribution is 8.01. The fraction of sp³-hybridized carbons (Fsp3) is 0.286. The van der Waals surface area contributed by atoms with Gasteiger partial charge < -0.3 is 16.2 Å². The summed E-state index contributed by atoms with van der Waals surface area (Å²) in [5, 5.41) is 31.0. The molecule has 1 amide bonds. The van der Waals surface area contributed by atoms with Crippen LogP contribution in [0.25, 0.3) is 0 Å². The summed E-state index contributed by atoms with van der Waals surface area (Å²) >= 11 is 3.92. The zero-order chi connectivity index (χ0) is 29.5. The first-order valence-electron chi connectivity index (χ1n) is 12.6. The van der Waals surface area contributed by atoms with Crippen molar-refractivity contribution >= 4 is 62.9 Å². The zero-order valence-corrected chi connectivity index (χ0v) is 24.9. The minimum Gasteiger partial charge on any atom is -0.478 e. The Morgan fingerprint density at radius 3 is 2.71 bits per heavy atom. The van der Waals surface area contributed by atoms with E-state index in [4.69, 9.17) is 10.8 Å². The lowest BCUT2D eigenvalue weighted by Crippen LogP contribution is -2.42. The maximum atomic E-state index is 13.6. The third-order valence-electron chi connectivity index (χ3n) is 6.73. The molecule has 4 N–H and O–H groups in total. The topological polar surface area (TPSA) is 162 Å². The van der Waals surface area contributed by atoms with Gasteiger partial charge >= 0.3 is 5.97 Å². The molecular weight excluding hydrogens is 581 g/mol. The number of thiophene rings is 1. The number of carboxylic acids is 1. The molecule has 1 aliphatic heterocycles. The molecule has 3 aromatic rings. The van der Waals surface area contributed by atoms with Crippen LogP contribution in [0.2, 0.25) is 0 Å². The number of nitrogens with zero attached hydrogens (tertiary/aromatic N) is 4. The van der Waals surface area contributed by atoms with Gasteiger partial charge in [-0.15, -0.1) is 21.5 Å². The quantitative estimate of drug-likeness (QED) is 0.302. The van der Waals surface area contributed by atoms with E-state index in [1.54, 1.807) is 28.4 Å². The first-order valence-corrected chi connectivity index (χ1v) is 15.2. The summed E-state index contributed by atoms with van der Waals surface area (Å²) in [6.45, 7) is 6.05. The molecule has 0 spiro atoms. The predicted octanol–water partition coefficient (Wildman–Crippen LogP) is 5.28. The van der Waals surface area contributed by atoms with E-state index < -0.39 is 11.9 Å². The second-order valence-electron chi connectivity index (χ2n) is 10.5. The number of hydrogen-bond acceptors (Lipinski definition) is 11. The van der Waals surface area contributed by atoms with E-state index in [1.807, 2.05) is 32.9 Å². The molecule has 1 aromatic carbocycles. The summed E-state index contributed by atoms with van der Waals surface area (Å²) in [6, 6.07) is 12.2. The number of anilines is 2. The normalized spacial score (nSPS) is 18.2. The van der Waals surface area contributed by atoms with Crippen molar-refractivity contribution in [3.05, 3.63) is 74.4 Å². The molecule has 13 heteroatoms. The highest BCUT2D eigenvalue weighted by Gasteiger charge is 2.45. The number of aromatic nitrogens is 2. The second-order valence-corrected chi connectivity index (χ2v) is 14.0. The molecule has 0 fully saturated rings. The van der Waals surface area contributed by atoms with Crippen molar-refractivity contribution in [3.8, 4) is 6.07 Å². The monoisotopic (exact) mass is 606 g/mol. The first-order chi connectivity index (χ1) is 19.5. The van der Waals surface area contributed by atoms with Crippen LogP contribution in [0.1, 0.15) is 52.7 Å². The van der Waals surface area contributed by atoms with Crippen LogP contribution in [-0.4, -0.2) is 38.7 Å². The summed E-state index contributed by atoms with van der Waals surface area (Å²) in [5.41, 5.74) is 8.39. The van der Waals surface area contributed by atoms with Gasteiger partial charge in [0.15, 0.2) is 10.1 Å². The van der Waals surface area contributed by atoms with Gasteiger partial charge in [-0.05, 0) is 49.1 Å². The summed E-state index contributed by atoms with van der Waals surface area (Å²) in [6.07, 6.45) is 0.926. The fourth-order valence-corrected chi connectivity index (χ4v) is 7.70. The van der Waals surface area contributed by atoms with Crippen LogP contribution in [0.15, 0.2) is 63.4 Å². The van der Waals surface area contributed by atoms with Gasteiger partial charge in [0, 0.05) is 33.1 Å². The Morgan fingerprint density at radius 1 is 1.24 bits per heavy atom. The highest BCUT2D eigenvalue weighted by Crippen LogP contribution is 2.51. The molecule has 3 heterocycles. The Balaban J connectivity index is 1.42. The molecule has 41 heavy (non-hydrogen) atoms. The number of nitrogens with one attached hydrogen (secondary N) is 1. The standard InChI is InChI=1S/C28H26N6O4S3/c1-14-7-8-20(40-14)22-17(12-29)24(30)34(18-10-28(2,3)11-19(35)23(18)22)26-32-33-27(41-26)39-13-21(36)31-16-6-4-5-15(9-16)25(37)38/h4-9,22H,10-11,13,30H2,1-3H3,(H,31,36)(H,37,38). The number of carbonyl (C=O) groups is 3. The van der Waals surface area contributed by atoms with Gasteiger partial charge in [0.2, 0.25) is 11.0 Å². The summed E-state index contributed by atoms with van der Waals surface area (Å²) < 4.78 is 0.500. The van der Waals surface area contributed by atoms with Crippen molar-refractivity contribution < 1.29 is 19.5 Å². The summed E-state index contributed by atoms with van der Waals surface area (Å²) in [4.78, 5) is 41.0. The Morgan fingerprint density at radius 2 is 2.02 bits per heavy atom. The number of thioether (sulfide) groups is 1. The van der Waals surface area contributed by atoms with Crippen molar-refractivity contribution in [2.24, 2.45) is 11.1 Å². The number of nitrogens with two attached hydrogens (primary N) is 1. The van der Waals surface area contributed by atoms with E-state index in [0.29, 0.717) is 39.1 Å².